The Morgan fingerprint density at radius 2 is 2.17 bits per heavy atom. The van der Waals surface area contributed by atoms with Crippen LogP contribution in [0.25, 0.3) is 0 Å². The molecule has 1 amide bonds. The molecule has 1 saturated carbocycles. The van der Waals surface area contributed by atoms with Gasteiger partial charge in [0.1, 0.15) is 0 Å². The van der Waals surface area contributed by atoms with Gasteiger partial charge in [0.05, 0.1) is 10.6 Å². The van der Waals surface area contributed by atoms with Gasteiger partial charge in [-0.2, -0.15) is 0 Å². The molecule has 1 aromatic rings. The van der Waals surface area contributed by atoms with E-state index in [4.69, 9.17) is 11.6 Å². The van der Waals surface area contributed by atoms with Gasteiger partial charge in [-0.1, -0.05) is 30.9 Å². The van der Waals surface area contributed by atoms with Gasteiger partial charge in [-0.05, 0) is 25.8 Å². The third-order valence-electron chi connectivity index (χ3n) is 3.62. The molecule has 18 heavy (non-hydrogen) atoms. The van der Waals surface area contributed by atoms with Crippen LogP contribution in [0, 0.1) is 0 Å². The SMILES string of the molecule is CCN(C(=O)c1ccncc1Cl)C1CCCCC1. The van der Waals surface area contributed by atoms with E-state index < -0.39 is 0 Å². The lowest BCUT2D eigenvalue weighted by molar-refractivity contribution is 0.0648. The summed E-state index contributed by atoms with van der Waals surface area (Å²) in [6.07, 6.45) is 9.11. The number of hydrogen-bond donors (Lipinski definition) is 0. The van der Waals surface area contributed by atoms with Gasteiger partial charge in [-0.3, -0.25) is 9.78 Å². The van der Waals surface area contributed by atoms with E-state index in [0.29, 0.717) is 16.6 Å². The van der Waals surface area contributed by atoms with E-state index in [2.05, 4.69) is 4.98 Å². The molecule has 0 aliphatic heterocycles. The highest BCUT2D eigenvalue weighted by atomic mass is 35.5. The van der Waals surface area contributed by atoms with Crippen LogP contribution in [0.2, 0.25) is 5.02 Å². The van der Waals surface area contributed by atoms with Gasteiger partial charge in [-0.25, -0.2) is 0 Å². The van der Waals surface area contributed by atoms with Crippen LogP contribution < -0.4 is 0 Å². The Labute approximate surface area is 113 Å². The van der Waals surface area contributed by atoms with Gasteiger partial charge in [0, 0.05) is 25.0 Å². The molecule has 1 fully saturated rings. The van der Waals surface area contributed by atoms with Gasteiger partial charge >= 0.3 is 0 Å². The van der Waals surface area contributed by atoms with E-state index in [1.165, 1.54) is 25.5 Å². The number of aromatic nitrogens is 1. The fraction of sp³-hybridized carbons (Fsp3) is 0.571. The van der Waals surface area contributed by atoms with Crippen molar-refractivity contribution in [3.8, 4) is 0 Å². The zero-order valence-electron chi connectivity index (χ0n) is 10.7. The normalized spacial score (nSPS) is 16.6. The van der Waals surface area contributed by atoms with E-state index in [1.807, 2.05) is 11.8 Å². The summed E-state index contributed by atoms with van der Waals surface area (Å²) in [6.45, 7) is 2.77. The number of hydrogen-bond acceptors (Lipinski definition) is 2. The lowest BCUT2D eigenvalue weighted by atomic mass is 9.94. The molecule has 0 radical (unpaired) electrons. The van der Waals surface area contributed by atoms with Crippen LogP contribution in [0.3, 0.4) is 0 Å². The van der Waals surface area contributed by atoms with Crippen molar-refractivity contribution in [3.05, 3.63) is 29.0 Å². The molecule has 0 bridgehead atoms. The number of carbonyl (C=O) groups is 1. The summed E-state index contributed by atoms with van der Waals surface area (Å²) >= 11 is 6.05. The van der Waals surface area contributed by atoms with Crippen molar-refractivity contribution in [2.24, 2.45) is 0 Å². The van der Waals surface area contributed by atoms with Crippen molar-refractivity contribution in [1.29, 1.82) is 0 Å². The summed E-state index contributed by atoms with van der Waals surface area (Å²) in [4.78, 5) is 18.4. The van der Waals surface area contributed by atoms with Gasteiger partial charge in [-0.15, -0.1) is 0 Å². The molecule has 0 saturated heterocycles. The monoisotopic (exact) mass is 266 g/mol. The highest BCUT2D eigenvalue weighted by Crippen LogP contribution is 2.25. The molecule has 1 aliphatic carbocycles. The molecule has 4 heteroatoms. The molecular formula is C14H19ClN2O. The molecule has 1 aliphatic rings. The number of amides is 1. The fourth-order valence-electron chi connectivity index (χ4n) is 2.66. The Morgan fingerprint density at radius 1 is 1.44 bits per heavy atom. The van der Waals surface area contributed by atoms with Crippen molar-refractivity contribution < 1.29 is 4.79 Å². The van der Waals surface area contributed by atoms with E-state index in [9.17, 15) is 4.79 Å². The van der Waals surface area contributed by atoms with E-state index in [-0.39, 0.29) is 5.91 Å². The second kappa shape index (κ2) is 6.19. The standard InChI is InChI=1S/C14H19ClN2O/c1-2-17(11-6-4-3-5-7-11)14(18)12-8-9-16-10-13(12)15/h8-11H,2-7H2,1H3. The summed E-state index contributed by atoms with van der Waals surface area (Å²) in [6, 6.07) is 2.08. The molecule has 0 spiro atoms. The lowest BCUT2D eigenvalue weighted by Crippen LogP contribution is -2.41. The van der Waals surface area contributed by atoms with Crippen LogP contribution in [-0.2, 0) is 0 Å². The molecular weight excluding hydrogens is 248 g/mol. The minimum atomic E-state index is 0.0387. The van der Waals surface area contributed by atoms with Crippen molar-refractivity contribution in [3.63, 3.8) is 0 Å². The van der Waals surface area contributed by atoms with Crippen LogP contribution in [0.4, 0.5) is 0 Å². The smallest absolute Gasteiger partial charge is 0.255 e. The zero-order valence-corrected chi connectivity index (χ0v) is 11.5. The highest BCUT2D eigenvalue weighted by Gasteiger charge is 2.25. The lowest BCUT2D eigenvalue weighted by Gasteiger charge is -2.33. The minimum Gasteiger partial charge on any atom is -0.336 e. The molecule has 2 rings (SSSR count). The molecule has 0 atom stereocenters. The first-order valence-electron chi connectivity index (χ1n) is 6.64. The highest BCUT2D eigenvalue weighted by molar-refractivity contribution is 6.33. The number of nitrogens with zero attached hydrogens (tertiary/aromatic N) is 2. The molecule has 0 N–H and O–H groups in total. The Bertz CT molecular complexity index is 416. The number of rotatable bonds is 3. The van der Waals surface area contributed by atoms with Crippen LogP contribution >= 0.6 is 11.6 Å². The Hall–Kier alpha value is -1.09. The average molecular weight is 267 g/mol. The molecule has 3 nitrogen and oxygen atoms in total. The molecule has 98 valence electrons. The zero-order chi connectivity index (χ0) is 13.0. The van der Waals surface area contributed by atoms with Gasteiger partial charge < -0.3 is 4.90 Å². The number of carbonyl (C=O) groups excluding carboxylic acids is 1. The Morgan fingerprint density at radius 3 is 2.78 bits per heavy atom. The van der Waals surface area contributed by atoms with Gasteiger partial charge in [0.25, 0.3) is 5.91 Å². The van der Waals surface area contributed by atoms with E-state index in [1.54, 1.807) is 12.3 Å². The predicted molar refractivity (Wildman–Crippen MR) is 72.8 cm³/mol. The average Bonchev–Trinajstić information content (AvgIpc) is 2.41. The minimum absolute atomic E-state index is 0.0387. The van der Waals surface area contributed by atoms with E-state index >= 15 is 0 Å². The maximum Gasteiger partial charge on any atom is 0.255 e. The largest absolute Gasteiger partial charge is 0.336 e. The van der Waals surface area contributed by atoms with Gasteiger partial charge in [0.15, 0.2) is 0 Å². The Balaban J connectivity index is 2.17. The summed E-state index contributed by atoms with van der Waals surface area (Å²) in [5.74, 6) is 0.0387. The number of pyridine rings is 1. The topological polar surface area (TPSA) is 33.2 Å². The first kappa shape index (κ1) is 13.3. The predicted octanol–water partition coefficient (Wildman–Crippen LogP) is 3.53. The molecule has 1 aromatic heterocycles. The third-order valence-corrected chi connectivity index (χ3v) is 3.92. The van der Waals surface area contributed by atoms with Crippen LogP contribution in [-0.4, -0.2) is 28.4 Å². The fourth-order valence-corrected chi connectivity index (χ4v) is 2.86. The third kappa shape index (κ3) is 2.83. The van der Waals surface area contributed by atoms with E-state index in [0.717, 1.165) is 19.4 Å². The second-order valence-electron chi connectivity index (χ2n) is 4.74. The van der Waals surface area contributed by atoms with Gasteiger partial charge in [0.2, 0.25) is 0 Å². The number of halogens is 1. The summed E-state index contributed by atoms with van der Waals surface area (Å²) in [7, 11) is 0. The van der Waals surface area contributed by atoms with Crippen LogP contribution in [0.5, 0.6) is 0 Å². The second-order valence-corrected chi connectivity index (χ2v) is 5.15. The summed E-state index contributed by atoms with van der Waals surface area (Å²) in [5.41, 5.74) is 0.569. The van der Waals surface area contributed by atoms with Crippen molar-refractivity contribution in [2.75, 3.05) is 6.54 Å². The van der Waals surface area contributed by atoms with Crippen LogP contribution in [0.15, 0.2) is 18.5 Å². The molecule has 0 aromatic carbocycles. The summed E-state index contributed by atoms with van der Waals surface area (Å²) < 4.78 is 0. The van der Waals surface area contributed by atoms with Crippen molar-refractivity contribution in [1.82, 2.24) is 9.88 Å². The van der Waals surface area contributed by atoms with Crippen molar-refractivity contribution in [2.45, 2.75) is 45.1 Å². The van der Waals surface area contributed by atoms with Crippen molar-refractivity contribution >= 4 is 17.5 Å². The first-order valence-corrected chi connectivity index (χ1v) is 7.02. The van der Waals surface area contributed by atoms with Crippen LogP contribution in [0.1, 0.15) is 49.4 Å². The quantitative estimate of drug-likeness (QED) is 0.839. The molecule has 1 heterocycles. The first-order chi connectivity index (χ1) is 8.74. The maximum atomic E-state index is 12.5. The Kier molecular flexibility index (Phi) is 4.59. The molecule has 0 unspecified atom stereocenters. The summed E-state index contributed by atoms with van der Waals surface area (Å²) in [5, 5.41) is 0.441. The maximum absolute atomic E-state index is 12.5.